The van der Waals surface area contributed by atoms with E-state index in [0.717, 1.165) is 18.7 Å². The second-order valence-electron chi connectivity index (χ2n) is 7.59. The van der Waals surface area contributed by atoms with Crippen LogP contribution in [-0.4, -0.2) is 33.5 Å². The first-order chi connectivity index (χ1) is 14.5. The average molecular weight is 422 g/mol. The number of hydrogen-bond acceptors (Lipinski definition) is 5. The highest BCUT2D eigenvalue weighted by molar-refractivity contribution is 7.99. The van der Waals surface area contributed by atoms with E-state index in [-0.39, 0.29) is 29.0 Å². The minimum absolute atomic E-state index is 0.0444. The number of aromatic nitrogens is 2. The Hall–Kier alpha value is -2.93. The summed E-state index contributed by atoms with van der Waals surface area (Å²) in [5, 5.41) is 1.12. The van der Waals surface area contributed by atoms with Crippen LogP contribution < -0.4 is 10.5 Å². The predicted octanol–water partition coefficient (Wildman–Crippen LogP) is 4.08. The van der Waals surface area contributed by atoms with Crippen LogP contribution in [0.15, 0.2) is 58.5 Å². The summed E-state index contributed by atoms with van der Waals surface area (Å²) in [7, 11) is 0. The zero-order valence-electron chi connectivity index (χ0n) is 17.0. The molecule has 0 unspecified atom stereocenters. The molecule has 1 fully saturated rings. The highest BCUT2D eigenvalue weighted by atomic mass is 32.2. The molecule has 1 amide bonds. The molecule has 2 heterocycles. The van der Waals surface area contributed by atoms with Gasteiger partial charge in [-0.05, 0) is 56.7 Å². The molecule has 0 N–H and O–H groups in total. The van der Waals surface area contributed by atoms with E-state index in [4.69, 9.17) is 0 Å². The van der Waals surface area contributed by atoms with Crippen LogP contribution in [0.3, 0.4) is 0 Å². The standard InChI is InChI=1S/C23H23N3O3S/c1-15(2)26-22(29)18-6-3-4-7-19(18)24-23(26)30-14-20(27)16-9-11-17(12-10-16)25-13-5-8-21(25)28/h3-4,6-7,9-12,15H,5,8,13-14H2,1-2H3. The summed E-state index contributed by atoms with van der Waals surface area (Å²) >= 11 is 1.28. The summed E-state index contributed by atoms with van der Waals surface area (Å²) in [6, 6.07) is 14.3. The predicted molar refractivity (Wildman–Crippen MR) is 119 cm³/mol. The van der Waals surface area contributed by atoms with E-state index in [1.165, 1.54) is 11.8 Å². The number of rotatable bonds is 6. The van der Waals surface area contributed by atoms with Gasteiger partial charge in [0.15, 0.2) is 10.9 Å². The first-order valence-electron chi connectivity index (χ1n) is 10.0. The maximum Gasteiger partial charge on any atom is 0.262 e. The van der Waals surface area contributed by atoms with Gasteiger partial charge in [0.2, 0.25) is 5.91 Å². The van der Waals surface area contributed by atoms with Crippen LogP contribution >= 0.6 is 11.8 Å². The Morgan fingerprint density at radius 3 is 2.50 bits per heavy atom. The molecule has 1 aliphatic heterocycles. The zero-order chi connectivity index (χ0) is 21.3. The van der Waals surface area contributed by atoms with Crippen LogP contribution in [0, 0.1) is 0 Å². The van der Waals surface area contributed by atoms with Gasteiger partial charge in [0, 0.05) is 30.3 Å². The van der Waals surface area contributed by atoms with Crippen molar-refractivity contribution in [3.63, 3.8) is 0 Å². The van der Waals surface area contributed by atoms with Crippen LogP contribution in [-0.2, 0) is 4.79 Å². The van der Waals surface area contributed by atoms with Gasteiger partial charge in [-0.15, -0.1) is 0 Å². The third-order valence-corrected chi connectivity index (χ3v) is 6.15. The van der Waals surface area contributed by atoms with Crippen molar-refractivity contribution < 1.29 is 9.59 Å². The van der Waals surface area contributed by atoms with E-state index in [1.54, 1.807) is 27.7 Å². The molecule has 6 nitrogen and oxygen atoms in total. The average Bonchev–Trinajstić information content (AvgIpc) is 3.17. The number of fused-ring (bicyclic) bond motifs is 1. The second kappa shape index (κ2) is 8.44. The van der Waals surface area contributed by atoms with Gasteiger partial charge in [-0.3, -0.25) is 19.0 Å². The number of carbonyl (C=O) groups excluding carboxylic acids is 2. The highest BCUT2D eigenvalue weighted by Crippen LogP contribution is 2.24. The number of carbonyl (C=O) groups is 2. The number of thioether (sulfide) groups is 1. The Morgan fingerprint density at radius 1 is 1.10 bits per heavy atom. The van der Waals surface area contributed by atoms with Crippen molar-refractivity contribution in [3.8, 4) is 0 Å². The first kappa shape index (κ1) is 20.3. The molecule has 1 aromatic heterocycles. The Kier molecular flexibility index (Phi) is 5.72. The molecule has 4 rings (SSSR count). The Bertz CT molecular complexity index is 1170. The number of amides is 1. The van der Waals surface area contributed by atoms with Crippen LogP contribution in [0.5, 0.6) is 0 Å². The lowest BCUT2D eigenvalue weighted by atomic mass is 10.1. The molecule has 2 aromatic carbocycles. The van der Waals surface area contributed by atoms with Crippen LogP contribution in [0.25, 0.3) is 10.9 Å². The topological polar surface area (TPSA) is 72.3 Å². The number of ketones is 1. The molecule has 0 bridgehead atoms. The van der Waals surface area contributed by atoms with E-state index < -0.39 is 0 Å². The lowest BCUT2D eigenvalue weighted by Crippen LogP contribution is -2.25. The highest BCUT2D eigenvalue weighted by Gasteiger charge is 2.22. The summed E-state index contributed by atoms with van der Waals surface area (Å²) < 4.78 is 1.64. The number of nitrogens with zero attached hydrogens (tertiary/aromatic N) is 3. The van der Waals surface area contributed by atoms with Gasteiger partial charge >= 0.3 is 0 Å². The molecular formula is C23H23N3O3S. The summed E-state index contributed by atoms with van der Waals surface area (Å²) in [6.07, 6.45) is 1.44. The molecule has 1 aliphatic rings. The fourth-order valence-corrected chi connectivity index (χ4v) is 4.67. The number of anilines is 1. The van der Waals surface area contributed by atoms with Gasteiger partial charge in [0.1, 0.15) is 0 Å². The molecule has 3 aromatic rings. The molecule has 0 saturated carbocycles. The Labute approximate surface area is 178 Å². The van der Waals surface area contributed by atoms with Crippen molar-refractivity contribution in [2.75, 3.05) is 17.2 Å². The third-order valence-electron chi connectivity index (χ3n) is 5.20. The molecule has 154 valence electrons. The molecule has 0 atom stereocenters. The molecule has 7 heteroatoms. The molecule has 1 saturated heterocycles. The van der Waals surface area contributed by atoms with Crippen molar-refractivity contribution >= 4 is 40.0 Å². The van der Waals surface area contributed by atoms with Gasteiger partial charge < -0.3 is 4.90 Å². The van der Waals surface area contributed by atoms with Crippen LogP contribution in [0.1, 0.15) is 43.1 Å². The van der Waals surface area contributed by atoms with Crippen molar-refractivity contribution in [2.24, 2.45) is 0 Å². The number of para-hydroxylation sites is 1. The molecule has 30 heavy (non-hydrogen) atoms. The number of hydrogen-bond donors (Lipinski definition) is 0. The lowest BCUT2D eigenvalue weighted by Gasteiger charge is -2.16. The normalized spacial score (nSPS) is 14.1. The fraction of sp³-hybridized carbons (Fsp3) is 0.304. The largest absolute Gasteiger partial charge is 0.312 e. The first-order valence-corrected chi connectivity index (χ1v) is 11.0. The van der Waals surface area contributed by atoms with Crippen LogP contribution in [0.2, 0.25) is 0 Å². The summed E-state index contributed by atoms with van der Waals surface area (Å²) in [6.45, 7) is 4.59. The Balaban J connectivity index is 1.54. The zero-order valence-corrected chi connectivity index (χ0v) is 17.8. The summed E-state index contributed by atoms with van der Waals surface area (Å²) in [4.78, 5) is 43.9. The van der Waals surface area contributed by atoms with Gasteiger partial charge in [0.05, 0.1) is 16.7 Å². The van der Waals surface area contributed by atoms with E-state index in [9.17, 15) is 14.4 Å². The SMILES string of the molecule is CC(C)n1c(SCC(=O)c2ccc(N3CCCC3=O)cc2)nc2ccccc2c1=O. The summed E-state index contributed by atoms with van der Waals surface area (Å²) in [5.41, 5.74) is 1.95. The van der Waals surface area contributed by atoms with Crippen molar-refractivity contribution in [1.29, 1.82) is 0 Å². The lowest BCUT2D eigenvalue weighted by molar-refractivity contribution is -0.117. The van der Waals surface area contributed by atoms with Gasteiger partial charge in [-0.1, -0.05) is 23.9 Å². The second-order valence-corrected chi connectivity index (χ2v) is 8.53. The van der Waals surface area contributed by atoms with E-state index >= 15 is 0 Å². The monoisotopic (exact) mass is 421 g/mol. The number of benzene rings is 2. The minimum Gasteiger partial charge on any atom is -0.312 e. The van der Waals surface area contributed by atoms with Gasteiger partial charge in [0.25, 0.3) is 5.56 Å². The third kappa shape index (κ3) is 3.89. The summed E-state index contributed by atoms with van der Waals surface area (Å²) in [5.74, 6) is 0.259. The van der Waals surface area contributed by atoms with E-state index in [1.807, 2.05) is 44.2 Å². The van der Waals surface area contributed by atoms with Crippen molar-refractivity contribution in [2.45, 2.75) is 37.9 Å². The van der Waals surface area contributed by atoms with E-state index in [0.29, 0.717) is 28.0 Å². The Morgan fingerprint density at radius 2 is 1.83 bits per heavy atom. The maximum absolute atomic E-state index is 12.9. The quantitative estimate of drug-likeness (QED) is 0.341. The van der Waals surface area contributed by atoms with Crippen molar-refractivity contribution in [3.05, 3.63) is 64.4 Å². The minimum atomic E-state index is -0.0924. The molecule has 0 spiro atoms. The number of Topliss-reactive ketones (excluding diaryl/α,β-unsaturated/α-hetero) is 1. The van der Waals surface area contributed by atoms with Crippen molar-refractivity contribution in [1.82, 2.24) is 9.55 Å². The molecule has 0 aliphatic carbocycles. The van der Waals surface area contributed by atoms with E-state index in [2.05, 4.69) is 4.98 Å². The van der Waals surface area contributed by atoms with Gasteiger partial charge in [-0.2, -0.15) is 0 Å². The molecule has 0 radical (unpaired) electrons. The maximum atomic E-state index is 12.9. The van der Waals surface area contributed by atoms with Crippen LogP contribution in [0.4, 0.5) is 5.69 Å². The fourth-order valence-electron chi connectivity index (χ4n) is 3.64. The smallest absolute Gasteiger partial charge is 0.262 e. The molecular weight excluding hydrogens is 398 g/mol. The van der Waals surface area contributed by atoms with Gasteiger partial charge in [-0.25, -0.2) is 4.98 Å².